The van der Waals surface area contributed by atoms with Crippen molar-refractivity contribution in [2.75, 3.05) is 19.8 Å². The van der Waals surface area contributed by atoms with E-state index in [1.165, 1.54) is 6.92 Å². The minimum absolute atomic E-state index is 0.671. The molecule has 246 valence electrons. The largest absolute Gasteiger partial charge is 0.394 e. The summed E-state index contributed by atoms with van der Waals surface area (Å²) in [4.78, 5) is 0. The summed E-state index contributed by atoms with van der Waals surface area (Å²) in [6.07, 6.45) is -31.2. The molecule has 19 heteroatoms. The Kier molecular flexibility index (Phi) is 11.5. The number of ether oxygens (including phenoxy) is 7. The monoisotopic (exact) mass is 620 g/mol. The normalized spacial score (nSPS) is 53.8. The van der Waals surface area contributed by atoms with Gasteiger partial charge in [0, 0.05) is 0 Å². The van der Waals surface area contributed by atoms with Crippen molar-refractivity contribution < 1.29 is 94.4 Å². The van der Waals surface area contributed by atoms with Gasteiger partial charge in [0.2, 0.25) is 0 Å². The molecule has 0 saturated carbocycles. The molecule has 0 spiro atoms. The molecule has 0 amide bonds. The lowest BCUT2D eigenvalue weighted by Gasteiger charge is -2.48. The van der Waals surface area contributed by atoms with Gasteiger partial charge < -0.3 is 94.4 Å². The molecule has 4 heterocycles. The minimum Gasteiger partial charge on any atom is -0.394 e. The van der Waals surface area contributed by atoms with Gasteiger partial charge >= 0.3 is 0 Å². The van der Waals surface area contributed by atoms with Crippen LogP contribution in [-0.2, 0) is 33.2 Å². The average Bonchev–Trinajstić information content (AvgIpc) is 3.24. The molecule has 0 unspecified atom stereocenters. The molecular formula is C23H40O19. The summed E-state index contributed by atoms with van der Waals surface area (Å²) in [5.41, 5.74) is 0. The van der Waals surface area contributed by atoms with E-state index in [1.54, 1.807) is 0 Å². The van der Waals surface area contributed by atoms with Crippen molar-refractivity contribution in [3.63, 3.8) is 0 Å². The third-order valence-electron chi connectivity index (χ3n) is 7.81. The van der Waals surface area contributed by atoms with Gasteiger partial charge in [-0.15, -0.1) is 0 Å². The molecule has 4 aliphatic heterocycles. The number of aliphatic hydroxyl groups excluding tert-OH is 12. The fourth-order valence-electron chi connectivity index (χ4n) is 5.29. The smallest absolute Gasteiger partial charge is 0.187 e. The van der Waals surface area contributed by atoms with Crippen molar-refractivity contribution in [3.05, 3.63) is 0 Å². The number of aliphatic hydroxyl groups is 12. The van der Waals surface area contributed by atoms with Crippen molar-refractivity contribution in [2.45, 2.75) is 124 Å². The minimum atomic E-state index is -1.94. The quantitative estimate of drug-likeness (QED) is 0.114. The zero-order valence-electron chi connectivity index (χ0n) is 22.3. The Morgan fingerprint density at radius 2 is 0.833 bits per heavy atom. The van der Waals surface area contributed by atoms with Gasteiger partial charge in [0.05, 0.1) is 25.9 Å². The highest BCUT2D eigenvalue weighted by Crippen LogP contribution is 2.35. The zero-order chi connectivity index (χ0) is 31.0. The second kappa shape index (κ2) is 14.1. The van der Waals surface area contributed by atoms with Crippen molar-refractivity contribution in [3.8, 4) is 0 Å². The molecule has 0 aromatic heterocycles. The maximum absolute atomic E-state index is 11.3. The van der Waals surface area contributed by atoms with Gasteiger partial charge in [-0.05, 0) is 6.92 Å². The molecular weight excluding hydrogens is 580 g/mol. The summed E-state index contributed by atoms with van der Waals surface area (Å²) in [7, 11) is 0. The predicted molar refractivity (Wildman–Crippen MR) is 126 cm³/mol. The third kappa shape index (κ3) is 6.60. The van der Waals surface area contributed by atoms with Crippen LogP contribution in [0.3, 0.4) is 0 Å². The second-order valence-electron chi connectivity index (χ2n) is 10.6. The highest BCUT2D eigenvalue weighted by Gasteiger charge is 2.55. The van der Waals surface area contributed by atoms with Gasteiger partial charge in [-0.3, -0.25) is 0 Å². The standard InChI is InChI=1S/C23H40O19/c1-5-17(40-21-14(32)11(29)8(4-26)39-21)18(41-22-15(33)12(30)9(27)7(3-25)38-22)16(34)23(36-5)42-19-13(31)10(28)6(2-24)37-20(19)35/h5-35H,2-4H2,1H3/t5-,6+,7+,8-,9+,10+,11-,12-,13-,14+,15+,16+,17-,18-,19+,20-,21-,22-,23-/m0/s1. The van der Waals surface area contributed by atoms with Crippen LogP contribution in [0.4, 0.5) is 0 Å². The molecule has 42 heavy (non-hydrogen) atoms. The lowest BCUT2D eigenvalue weighted by molar-refractivity contribution is -0.390. The average molecular weight is 621 g/mol. The van der Waals surface area contributed by atoms with Crippen molar-refractivity contribution >= 4 is 0 Å². The Hall–Kier alpha value is -0.760. The Bertz CT molecular complexity index is 853. The van der Waals surface area contributed by atoms with Gasteiger partial charge in [-0.2, -0.15) is 0 Å². The topological polar surface area (TPSA) is 307 Å². The van der Waals surface area contributed by atoms with Gasteiger partial charge in [-0.25, -0.2) is 0 Å². The number of hydrogen-bond donors (Lipinski definition) is 12. The van der Waals surface area contributed by atoms with Crippen molar-refractivity contribution in [1.82, 2.24) is 0 Å². The van der Waals surface area contributed by atoms with E-state index in [1.807, 2.05) is 0 Å². The summed E-state index contributed by atoms with van der Waals surface area (Å²) >= 11 is 0. The number of hydrogen-bond acceptors (Lipinski definition) is 19. The zero-order valence-corrected chi connectivity index (χ0v) is 22.3. The summed E-state index contributed by atoms with van der Waals surface area (Å²) in [5, 5.41) is 122. The maximum atomic E-state index is 11.3. The van der Waals surface area contributed by atoms with E-state index in [9.17, 15) is 61.3 Å². The van der Waals surface area contributed by atoms with E-state index in [2.05, 4.69) is 0 Å². The second-order valence-corrected chi connectivity index (χ2v) is 10.6. The fraction of sp³-hybridized carbons (Fsp3) is 1.00. The first kappa shape index (κ1) is 34.1. The van der Waals surface area contributed by atoms with Crippen LogP contribution < -0.4 is 0 Å². The molecule has 4 fully saturated rings. The molecule has 0 aromatic carbocycles. The van der Waals surface area contributed by atoms with Crippen LogP contribution in [0.1, 0.15) is 6.92 Å². The molecule has 0 radical (unpaired) electrons. The molecule has 19 nitrogen and oxygen atoms in total. The van der Waals surface area contributed by atoms with E-state index in [4.69, 9.17) is 33.2 Å². The first-order chi connectivity index (χ1) is 19.8. The van der Waals surface area contributed by atoms with Crippen molar-refractivity contribution in [1.29, 1.82) is 0 Å². The van der Waals surface area contributed by atoms with E-state index < -0.39 is 137 Å². The van der Waals surface area contributed by atoms with Crippen LogP contribution in [-0.4, -0.2) is 198 Å². The highest BCUT2D eigenvalue weighted by atomic mass is 16.8. The van der Waals surface area contributed by atoms with E-state index in [-0.39, 0.29) is 0 Å². The van der Waals surface area contributed by atoms with Gasteiger partial charge in [0.15, 0.2) is 25.2 Å². The fourth-order valence-corrected chi connectivity index (χ4v) is 5.29. The Balaban J connectivity index is 1.58. The number of rotatable bonds is 9. The molecule has 0 aliphatic carbocycles. The predicted octanol–water partition coefficient (Wildman–Crippen LogP) is -8.08. The van der Waals surface area contributed by atoms with Gasteiger partial charge in [-0.1, -0.05) is 0 Å². The summed E-state index contributed by atoms with van der Waals surface area (Å²) in [5.74, 6) is 0. The third-order valence-corrected chi connectivity index (χ3v) is 7.81. The molecule has 4 rings (SSSR count). The van der Waals surface area contributed by atoms with Crippen LogP contribution >= 0.6 is 0 Å². The van der Waals surface area contributed by atoms with Crippen molar-refractivity contribution in [2.24, 2.45) is 0 Å². The van der Waals surface area contributed by atoms with Gasteiger partial charge in [0.1, 0.15) is 85.5 Å². The van der Waals surface area contributed by atoms with Gasteiger partial charge in [0.25, 0.3) is 0 Å². The van der Waals surface area contributed by atoms with Crippen LogP contribution in [0, 0.1) is 0 Å². The van der Waals surface area contributed by atoms with Crippen LogP contribution in [0.2, 0.25) is 0 Å². The lowest BCUT2D eigenvalue weighted by Crippen LogP contribution is -2.66. The molecule has 4 saturated heterocycles. The van der Waals surface area contributed by atoms with Crippen LogP contribution in [0.25, 0.3) is 0 Å². The van der Waals surface area contributed by atoms with Crippen LogP contribution in [0.15, 0.2) is 0 Å². The molecule has 0 aromatic rings. The van der Waals surface area contributed by atoms with E-state index >= 15 is 0 Å². The van der Waals surface area contributed by atoms with E-state index in [0.29, 0.717) is 0 Å². The maximum Gasteiger partial charge on any atom is 0.187 e. The first-order valence-electron chi connectivity index (χ1n) is 13.4. The Morgan fingerprint density at radius 1 is 0.429 bits per heavy atom. The Morgan fingerprint density at radius 3 is 1.38 bits per heavy atom. The highest BCUT2D eigenvalue weighted by molar-refractivity contribution is 4.97. The molecule has 0 bridgehead atoms. The molecule has 12 N–H and O–H groups in total. The Labute approximate surface area is 238 Å². The first-order valence-corrected chi connectivity index (χ1v) is 13.4. The lowest BCUT2D eigenvalue weighted by atomic mass is 9.96. The summed E-state index contributed by atoms with van der Waals surface area (Å²) in [6.45, 7) is -0.815. The summed E-state index contributed by atoms with van der Waals surface area (Å²) in [6, 6.07) is 0. The summed E-state index contributed by atoms with van der Waals surface area (Å²) < 4.78 is 38.6. The van der Waals surface area contributed by atoms with E-state index in [0.717, 1.165) is 0 Å². The molecule has 4 aliphatic rings. The van der Waals surface area contributed by atoms with Crippen LogP contribution in [0.5, 0.6) is 0 Å². The molecule has 19 atom stereocenters. The SMILES string of the molecule is C[C@@H]1O[C@@H](O[C@@H]2[C@@H](O)[C@H](O)[C@@H](CO)O[C@@H]2O)[C@H](O)[C@H](O[C@@H]2O[C@H](CO)[C@@H](O)[C@H](O)[C@H]2O)[C@H]1O[C@@H]1O[C@@H](CO)[C@H](O)[C@H]1O.